The van der Waals surface area contributed by atoms with Crippen molar-refractivity contribution in [3.05, 3.63) is 47.7 Å². The molecule has 2 rings (SSSR count). The van der Waals surface area contributed by atoms with Crippen molar-refractivity contribution in [1.82, 2.24) is 9.88 Å². The molecule has 0 atom stereocenters. The summed E-state index contributed by atoms with van der Waals surface area (Å²) in [7, 11) is 3.67. The Balaban J connectivity index is 2.48. The summed E-state index contributed by atoms with van der Waals surface area (Å²) >= 11 is 0. The van der Waals surface area contributed by atoms with E-state index in [-0.39, 0.29) is 5.91 Å². The molecule has 0 spiro atoms. The number of amides is 1. The summed E-state index contributed by atoms with van der Waals surface area (Å²) in [5, 5.41) is 3.81. The van der Waals surface area contributed by atoms with Gasteiger partial charge in [0, 0.05) is 42.7 Å². The molecule has 1 heterocycles. The molecule has 0 radical (unpaired) electrons. The zero-order valence-electron chi connectivity index (χ0n) is 11.1. The van der Waals surface area contributed by atoms with E-state index >= 15 is 0 Å². The number of aryl methyl sites for hydroxylation is 1. The molecular formula is C15H18N2O. The van der Waals surface area contributed by atoms with Gasteiger partial charge in [0.05, 0.1) is 0 Å². The minimum Gasteiger partial charge on any atom is -0.355 e. The Labute approximate surface area is 107 Å². The Hall–Kier alpha value is -2.03. The maximum absolute atomic E-state index is 11.6. The molecule has 1 aromatic heterocycles. The van der Waals surface area contributed by atoms with E-state index in [9.17, 15) is 4.79 Å². The lowest BCUT2D eigenvalue weighted by molar-refractivity contribution is -0.117. The van der Waals surface area contributed by atoms with Crippen LogP contribution in [0.1, 0.15) is 11.3 Å². The van der Waals surface area contributed by atoms with E-state index in [4.69, 9.17) is 0 Å². The third-order valence-corrected chi connectivity index (χ3v) is 3.47. The molecule has 0 fully saturated rings. The second kappa shape index (κ2) is 4.69. The van der Waals surface area contributed by atoms with Gasteiger partial charge in [0.1, 0.15) is 0 Å². The van der Waals surface area contributed by atoms with Gasteiger partial charge in [-0.25, -0.2) is 0 Å². The van der Waals surface area contributed by atoms with Gasteiger partial charge < -0.3 is 9.88 Å². The summed E-state index contributed by atoms with van der Waals surface area (Å²) in [6.07, 6.45) is 0.590. The van der Waals surface area contributed by atoms with Gasteiger partial charge in [0.2, 0.25) is 5.91 Å². The molecule has 0 unspecified atom stereocenters. The van der Waals surface area contributed by atoms with Gasteiger partial charge in [-0.3, -0.25) is 4.79 Å². The number of benzene rings is 1. The molecular weight excluding hydrogens is 224 g/mol. The van der Waals surface area contributed by atoms with Crippen molar-refractivity contribution < 1.29 is 4.79 Å². The molecule has 94 valence electrons. The number of aromatic nitrogens is 1. The number of carbonyl (C=O) groups excluding carboxylic acids is 1. The largest absolute Gasteiger partial charge is 0.355 e. The molecule has 1 amide bonds. The fraction of sp³-hybridized carbons (Fsp3) is 0.267. The number of likely N-dealkylation sites (N-methyl/N-ethyl adjacent to an activating group) is 1. The number of fused-ring (bicyclic) bond motifs is 1. The first kappa shape index (κ1) is 12.4. The van der Waals surface area contributed by atoms with E-state index in [1.54, 1.807) is 7.05 Å². The van der Waals surface area contributed by atoms with Crippen molar-refractivity contribution in [3.63, 3.8) is 0 Å². The molecule has 3 heteroatoms. The topological polar surface area (TPSA) is 34.0 Å². The van der Waals surface area contributed by atoms with Crippen LogP contribution >= 0.6 is 0 Å². The van der Waals surface area contributed by atoms with Crippen molar-refractivity contribution in [2.75, 3.05) is 7.05 Å². The highest BCUT2D eigenvalue weighted by Crippen LogP contribution is 2.26. The zero-order chi connectivity index (χ0) is 13.3. The highest BCUT2D eigenvalue weighted by atomic mass is 16.1. The van der Waals surface area contributed by atoms with Gasteiger partial charge in [-0.05, 0) is 18.6 Å². The van der Waals surface area contributed by atoms with Gasteiger partial charge >= 0.3 is 0 Å². The molecule has 3 nitrogen and oxygen atoms in total. The predicted octanol–water partition coefficient (Wildman–Crippen LogP) is 2.33. The van der Waals surface area contributed by atoms with E-state index in [1.807, 2.05) is 19.2 Å². The number of hydrogen-bond donors (Lipinski definition) is 1. The van der Waals surface area contributed by atoms with Crippen LogP contribution in [0.3, 0.4) is 0 Å². The summed E-state index contributed by atoms with van der Waals surface area (Å²) in [6.45, 7) is 5.93. The third kappa shape index (κ3) is 1.92. The molecule has 0 aliphatic heterocycles. The Morgan fingerprint density at radius 1 is 1.39 bits per heavy atom. The van der Waals surface area contributed by atoms with Gasteiger partial charge in [-0.1, -0.05) is 24.8 Å². The minimum atomic E-state index is -0.0951. The lowest BCUT2D eigenvalue weighted by Crippen LogP contribution is -2.20. The number of nitrogens with one attached hydrogen (secondary N) is 1. The smallest absolute Gasteiger partial charge is 0.246 e. The van der Waals surface area contributed by atoms with E-state index in [2.05, 4.69) is 35.5 Å². The maximum Gasteiger partial charge on any atom is 0.246 e. The second-order valence-corrected chi connectivity index (χ2v) is 4.50. The fourth-order valence-electron chi connectivity index (χ4n) is 2.29. The van der Waals surface area contributed by atoms with Crippen molar-refractivity contribution in [1.29, 1.82) is 0 Å². The SMILES string of the molecule is C=C(Cc1c(C)n(C)c2ccccc12)C(=O)NC. The first-order valence-corrected chi connectivity index (χ1v) is 5.99. The van der Waals surface area contributed by atoms with E-state index in [1.165, 1.54) is 22.2 Å². The van der Waals surface area contributed by atoms with Gasteiger partial charge in [0.15, 0.2) is 0 Å². The molecule has 0 aliphatic carbocycles. The monoisotopic (exact) mass is 242 g/mol. The van der Waals surface area contributed by atoms with Crippen molar-refractivity contribution in [2.24, 2.45) is 7.05 Å². The van der Waals surface area contributed by atoms with Crippen LogP contribution in [0.5, 0.6) is 0 Å². The number of nitrogens with zero attached hydrogens (tertiary/aromatic N) is 1. The molecule has 0 saturated carbocycles. The number of hydrogen-bond acceptors (Lipinski definition) is 1. The van der Waals surface area contributed by atoms with E-state index < -0.39 is 0 Å². The molecule has 18 heavy (non-hydrogen) atoms. The molecule has 0 aliphatic rings. The Morgan fingerprint density at radius 3 is 2.72 bits per heavy atom. The van der Waals surface area contributed by atoms with Crippen LogP contribution in [0.2, 0.25) is 0 Å². The van der Waals surface area contributed by atoms with Crippen LogP contribution in [0.4, 0.5) is 0 Å². The summed E-state index contributed by atoms with van der Waals surface area (Å²) < 4.78 is 2.15. The van der Waals surface area contributed by atoms with Crippen molar-refractivity contribution in [2.45, 2.75) is 13.3 Å². The lowest BCUT2D eigenvalue weighted by atomic mass is 10.0. The third-order valence-electron chi connectivity index (χ3n) is 3.47. The van der Waals surface area contributed by atoms with Gasteiger partial charge in [0.25, 0.3) is 0 Å². The summed E-state index contributed by atoms with van der Waals surface area (Å²) in [5.74, 6) is -0.0951. The summed E-state index contributed by atoms with van der Waals surface area (Å²) in [4.78, 5) is 11.6. The number of para-hydroxylation sites is 1. The molecule has 1 aromatic carbocycles. The first-order valence-electron chi connectivity index (χ1n) is 5.99. The maximum atomic E-state index is 11.6. The molecule has 2 aromatic rings. The van der Waals surface area contributed by atoms with Crippen molar-refractivity contribution in [3.8, 4) is 0 Å². The average Bonchev–Trinajstić information content (AvgIpc) is 2.63. The van der Waals surface area contributed by atoms with Crippen LogP contribution in [-0.2, 0) is 18.3 Å². The Bertz CT molecular complexity index is 623. The van der Waals surface area contributed by atoms with Crippen LogP contribution in [0.15, 0.2) is 36.4 Å². The minimum absolute atomic E-state index is 0.0951. The van der Waals surface area contributed by atoms with Crippen LogP contribution in [0, 0.1) is 6.92 Å². The lowest BCUT2D eigenvalue weighted by Gasteiger charge is -2.05. The molecule has 0 bridgehead atoms. The summed E-state index contributed by atoms with van der Waals surface area (Å²) in [6, 6.07) is 8.23. The average molecular weight is 242 g/mol. The summed E-state index contributed by atoms with van der Waals surface area (Å²) in [5.41, 5.74) is 4.15. The van der Waals surface area contributed by atoms with Gasteiger partial charge in [-0.15, -0.1) is 0 Å². The fourth-order valence-corrected chi connectivity index (χ4v) is 2.29. The van der Waals surface area contributed by atoms with Gasteiger partial charge in [-0.2, -0.15) is 0 Å². The van der Waals surface area contributed by atoms with Crippen molar-refractivity contribution >= 4 is 16.8 Å². The van der Waals surface area contributed by atoms with Crippen LogP contribution in [0.25, 0.3) is 10.9 Å². The zero-order valence-corrected chi connectivity index (χ0v) is 11.1. The molecule has 0 saturated heterocycles. The van der Waals surface area contributed by atoms with Crippen LogP contribution < -0.4 is 5.32 Å². The second-order valence-electron chi connectivity index (χ2n) is 4.50. The molecule has 1 N–H and O–H groups in total. The quantitative estimate of drug-likeness (QED) is 0.823. The normalized spacial score (nSPS) is 10.6. The first-order chi connectivity index (χ1) is 8.56. The Morgan fingerprint density at radius 2 is 2.06 bits per heavy atom. The Kier molecular flexibility index (Phi) is 3.24. The highest BCUT2D eigenvalue weighted by molar-refractivity contribution is 5.94. The highest BCUT2D eigenvalue weighted by Gasteiger charge is 2.14. The van der Waals surface area contributed by atoms with Crippen LogP contribution in [-0.4, -0.2) is 17.5 Å². The standard InChI is InChI=1S/C15H18N2O/c1-10(15(18)16-3)9-13-11(2)17(4)14-8-6-5-7-12(13)14/h5-8H,1,9H2,2-4H3,(H,16,18). The number of carbonyl (C=O) groups is 1. The predicted molar refractivity (Wildman–Crippen MR) is 74.6 cm³/mol. The van der Waals surface area contributed by atoms with E-state index in [0.717, 1.165) is 0 Å². The van der Waals surface area contributed by atoms with E-state index in [0.29, 0.717) is 12.0 Å². The number of rotatable bonds is 3.